The molecule has 1 rings (SSSR count). The van der Waals surface area contributed by atoms with Crippen LogP contribution in [0.25, 0.3) is 0 Å². The van der Waals surface area contributed by atoms with Crippen LogP contribution < -0.4 is 5.32 Å². The first-order chi connectivity index (χ1) is 7.54. The maximum absolute atomic E-state index is 11.4. The maximum Gasteiger partial charge on any atom is 0.333 e. The normalized spacial score (nSPS) is 11.6. The smallest absolute Gasteiger partial charge is 0.333 e. The molecule has 86 valence electrons. The van der Waals surface area contributed by atoms with Crippen molar-refractivity contribution in [1.82, 2.24) is 5.32 Å². The van der Waals surface area contributed by atoms with Gasteiger partial charge in [-0.05, 0) is 17.7 Å². The monoisotopic (exact) mass is 223 g/mol. The molecule has 0 saturated heterocycles. The van der Waals surface area contributed by atoms with Crippen LogP contribution >= 0.6 is 0 Å². The van der Waals surface area contributed by atoms with Gasteiger partial charge < -0.3 is 15.2 Å². The quantitative estimate of drug-likeness (QED) is 0.741. The van der Waals surface area contributed by atoms with Gasteiger partial charge >= 0.3 is 5.97 Å². The summed E-state index contributed by atoms with van der Waals surface area (Å²) >= 11 is 0. The van der Waals surface area contributed by atoms with E-state index < -0.39 is 12.0 Å². The van der Waals surface area contributed by atoms with E-state index in [0.717, 1.165) is 0 Å². The van der Waals surface area contributed by atoms with Gasteiger partial charge in [0, 0.05) is 6.92 Å². The predicted molar refractivity (Wildman–Crippen MR) is 56.7 cm³/mol. The third-order valence-corrected chi connectivity index (χ3v) is 1.99. The Balaban J connectivity index is 3.00. The Kier molecular flexibility index (Phi) is 3.88. The molecule has 0 bridgehead atoms. The number of phenolic OH excluding ortho intramolecular Hbond substituents is 1. The molecule has 0 spiro atoms. The number of amides is 1. The van der Waals surface area contributed by atoms with Gasteiger partial charge in [-0.1, -0.05) is 12.1 Å². The van der Waals surface area contributed by atoms with Crippen molar-refractivity contribution < 1.29 is 19.4 Å². The van der Waals surface area contributed by atoms with Crippen LogP contribution in [0.4, 0.5) is 0 Å². The lowest BCUT2D eigenvalue weighted by Gasteiger charge is -2.15. The van der Waals surface area contributed by atoms with Crippen LogP contribution in [0.2, 0.25) is 0 Å². The van der Waals surface area contributed by atoms with Gasteiger partial charge in [0.2, 0.25) is 5.91 Å². The summed E-state index contributed by atoms with van der Waals surface area (Å²) < 4.78 is 4.57. The van der Waals surface area contributed by atoms with E-state index in [1.807, 2.05) is 0 Å². The lowest BCUT2D eigenvalue weighted by Crippen LogP contribution is -2.32. The van der Waals surface area contributed by atoms with Crippen molar-refractivity contribution in [2.24, 2.45) is 0 Å². The van der Waals surface area contributed by atoms with Gasteiger partial charge in [0.25, 0.3) is 0 Å². The molecule has 0 saturated carbocycles. The van der Waals surface area contributed by atoms with Gasteiger partial charge in [-0.15, -0.1) is 0 Å². The molecule has 0 radical (unpaired) electrons. The van der Waals surface area contributed by atoms with Gasteiger partial charge in [-0.25, -0.2) is 4.79 Å². The molecule has 0 fully saturated rings. The topological polar surface area (TPSA) is 75.6 Å². The second kappa shape index (κ2) is 5.16. The Bertz CT molecular complexity index is 403. The third kappa shape index (κ3) is 2.98. The number of carbonyl (C=O) groups excluding carboxylic acids is 2. The van der Waals surface area contributed by atoms with Crippen LogP contribution in [-0.4, -0.2) is 24.1 Å². The second-order valence-corrected chi connectivity index (χ2v) is 3.25. The van der Waals surface area contributed by atoms with Crippen LogP contribution in [0.15, 0.2) is 24.3 Å². The van der Waals surface area contributed by atoms with E-state index in [1.165, 1.54) is 26.2 Å². The Hall–Kier alpha value is -2.04. The molecule has 1 aromatic carbocycles. The van der Waals surface area contributed by atoms with E-state index in [9.17, 15) is 14.7 Å². The molecule has 0 aliphatic heterocycles. The molecule has 1 unspecified atom stereocenters. The van der Waals surface area contributed by atoms with Crippen LogP contribution in [0.1, 0.15) is 18.5 Å². The van der Waals surface area contributed by atoms with Crippen LogP contribution in [0, 0.1) is 0 Å². The van der Waals surface area contributed by atoms with Gasteiger partial charge in [-0.3, -0.25) is 4.79 Å². The van der Waals surface area contributed by atoms with E-state index in [2.05, 4.69) is 10.1 Å². The zero-order chi connectivity index (χ0) is 12.1. The summed E-state index contributed by atoms with van der Waals surface area (Å²) in [5.74, 6) is -0.906. The highest BCUT2D eigenvalue weighted by Crippen LogP contribution is 2.19. The molecule has 2 N–H and O–H groups in total. The fourth-order valence-electron chi connectivity index (χ4n) is 1.30. The largest absolute Gasteiger partial charge is 0.508 e. The van der Waals surface area contributed by atoms with Crippen LogP contribution in [0.5, 0.6) is 5.75 Å². The number of aromatic hydroxyl groups is 1. The number of benzene rings is 1. The highest BCUT2D eigenvalue weighted by Gasteiger charge is 2.22. The maximum atomic E-state index is 11.4. The molecule has 1 aromatic rings. The molecule has 1 amide bonds. The minimum Gasteiger partial charge on any atom is -0.508 e. The standard InChI is InChI=1S/C11H13NO4/c1-7(13)12-10(11(15)16-2)8-4-3-5-9(14)6-8/h3-6,10,14H,1-2H3,(H,12,13). The number of hydrogen-bond acceptors (Lipinski definition) is 4. The lowest BCUT2D eigenvalue weighted by molar-refractivity contribution is -0.145. The fourth-order valence-corrected chi connectivity index (χ4v) is 1.30. The van der Waals surface area contributed by atoms with E-state index >= 15 is 0 Å². The number of methoxy groups -OCH3 is 1. The molecule has 0 aromatic heterocycles. The van der Waals surface area contributed by atoms with E-state index in [0.29, 0.717) is 5.56 Å². The van der Waals surface area contributed by atoms with Crippen molar-refractivity contribution >= 4 is 11.9 Å². The van der Waals surface area contributed by atoms with Crippen molar-refractivity contribution in [3.63, 3.8) is 0 Å². The number of esters is 1. The van der Waals surface area contributed by atoms with E-state index in [-0.39, 0.29) is 11.7 Å². The first-order valence-corrected chi connectivity index (χ1v) is 4.68. The molecule has 0 aliphatic rings. The van der Waals surface area contributed by atoms with Gasteiger partial charge in [0.05, 0.1) is 7.11 Å². The van der Waals surface area contributed by atoms with Crippen molar-refractivity contribution in [2.45, 2.75) is 13.0 Å². The molecular formula is C11H13NO4. The zero-order valence-electron chi connectivity index (χ0n) is 9.06. The highest BCUT2D eigenvalue weighted by atomic mass is 16.5. The molecular weight excluding hydrogens is 210 g/mol. The lowest BCUT2D eigenvalue weighted by atomic mass is 10.1. The van der Waals surface area contributed by atoms with Gasteiger partial charge in [-0.2, -0.15) is 0 Å². The van der Waals surface area contributed by atoms with Crippen molar-refractivity contribution in [2.75, 3.05) is 7.11 Å². The molecule has 0 aliphatic carbocycles. The third-order valence-electron chi connectivity index (χ3n) is 1.99. The van der Waals surface area contributed by atoms with E-state index in [1.54, 1.807) is 12.1 Å². The number of carbonyl (C=O) groups is 2. The Morgan fingerprint density at radius 1 is 1.44 bits per heavy atom. The minimum absolute atomic E-state index is 0.0248. The molecule has 0 heterocycles. The Labute approximate surface area is 93.0 Å². The summed E-state index contributed by atoms with van der Waals surface area (Å²) in [6.45, 7) is 1.30. The molecule has 16 heavy (non-hydrogen) atoms. The summed E-state index contributed by atoms with van der Waals surface area (Å²) in [4.78, 5) is 22.4. The van der Waals surface area contributed by atoms with Gasteiger partial charge in [0.1, 0.15) is 5.75 Å². The minimum atomic E-state index is -0.894. The highest BCUT2D eigenvalue weighted by molar-refractivity contribution is 5.84. The number of phenols is 1. The van der Waals surface area contributed by atoms with Gasteiger partial charge in [0.15, 0.2) is 6.04 Å². The average Bonchev–Trinajstić information content (AvgIpc) is 2.24. The van der Waals surface area contributed by atoms with Crippen LogP contribution in [-0.2, 0) is 14.3 Å². The van der Waals surface area contributed by atoms with Crippen molar-refractivity contribution in [1.29, 1.82) is 0 Å². The Morgan fingerprint density at radius 2 is 2.12 bits per heavy atom. The summed E-state index contributed by atoms with van der Waals surface area (Å²) in [5.41, 5.74) is 0.474. The van der Waals surface area contributed by atoms with E-state index in [4.69, 9.17) is 0 Å². The second-order valence-electron chi connectivity index (χ2n) is 3.25. The number of nitrogens with one attached hydrogen (secondary N) is 1. The summed E-state index contributed by atoms with van der Waals surface area (Å²) in [6.07, 6.45) is 0. The summed E-state index contributed by atoms with van der Waals surface area (Å²) in [7, 11) is 1.24. The number of ether oxygens (including phenoxy) is 1. The van der Waals surface area contributed by atoms with Crippen molar-refractivity contribution in [3.8, 4) is 5.75 Å². The molecule has 5 nitrogen and oxygen atoms in total. The molecule has 5 heteroatoms. The average molecular weight is 223 g/mol. The number of rotatable bonds is 3. The predicted octanol–water partition coefficient (Wildman–Crippen LogP) is 0.742. The Morgan fingerprint density at radius 3 is 2.62 bits per heavy atom. The summed E-state index contributed by atoms with van der Waals surface area (Å²) in [6, 6.07) is 5.19. The first-order valence-electron chi connectivity index (χ1n) is 4.68. The molecule has 1 atom stereocenters. The SMILES string of the molecule is COC(=O)C(NC(C)=O)c1cccc(O)c1. The first kappa shape index (κ1) is 12.0. The van der Waals surface area contributed by atoms with Crippen molar-refractivity contribution in [3.05, 3.63) is 29.8 Å². The van der Waals surface area contributed by atoms with Crippen LogP contribution in [0.3, 0.4) is 0 Å². The fraction of sp³-hybridized carbons (Fsp3) is 0.273. The zero-order valence-corrected chi connectivity index (χ0v) is 9.06. The number of hydrogen-bond donors (Lipinski definition) is 2. The summed E-state index contributed by atoms with van der Waals surface area (Å²) in [5, 5.41) is 11.7.